The zero-order valence-corrected chi connectivity index (χ0v) is 8.89. The van der Waals surface area contributed by atoms with E-state index in [1.165, 1.54) is 0 Å². The molecule has 84 valence electrons. The maximum Gasteiger partial charge on any atom is 0.248 e. The van der Waals surface area contributed by atoms with E-state index in [0.29, 0.717) is 24.7 Å². The summed E-state index contributed by atoms with van der Waals surface area (Å²) in [6, 6.07) is 0.172. The van der Waals surface area contributed by atoms with E-state index >= 15 is 0 Å². The number of hydrogen-bond acceptors (Lipinski definition) is 2. The summed E-state index contributed by atoms with van der Waals surface area (Å²) < 4.78 is 25.8. The molecular formula is C10H20F2N2. The standard InChI is InChI=1S/C10H20F2N2/c1-7(2)9(14-13)8-3-5-10(11,12)6-4-8/h7-9,14H,3-6,13H2,1-2H3. The van der Waals surface area contributed by atoms with Crippen LogP contribution >= 0.6 is 0 Å². The molecule has 0 bridgehead atoms. The summed E-state index contributed by atoms with van der Waals surface area (Å²) in [4.78, 5) is 0. The van der Waals surface area contributed by atoms with Gasteiger partial charge in [0.2, 0.25) is 5.92 Å². The molecule has 4 heteroatoms. The van der Waals surface area contributed by atoms with E-state index in [-0.39, 0.29) is 18.9 Å². The molecule has 0 heterocycles. The van der Waals surface area contributed by atoms with Gasteiger partial charge in [0.15, 0.2) is 0 Å². The molecule has 1 aliphatic carbocycles. The van der Waals surface area contributed by atoms with Crippen molar-refractivity contribution in [3.8, 4) is 0 Å². The van der Waals surface area contributed by atoms with Crippen LogP contribution in [-0.4, -0.2) is 12.0 Å². The van der Waals surface area contributed by atoms with Crippen LogP contribution in [0.4, 0.5) is 8.78 Å². The summed E-state index contributed by atoms with van der Waals surface area (Å²) in [6.07, 6.45) is 1.20. The van der Waals surface area contributed by atoms with Crippen molar-refractivity contribution in [2.45, 2.75) is 51.5 Å². The van der Waals surface area contributed by atoms with Gasteiger partial charge in [-0.15, -0.1) is 0 Å². The highest BCUT2D eigenvalue weighted by molar-refractivity contribution is 4.85. The maximum atomic E-state index is 12.9. The van der Waals surface area contributed by atoms with Crippen LogP contribution in [-0.2, 0) is 0 Å². The molecule has 0 amide bonds. The van der Waals surface area contributed by atoms with Crippen LogP contribution in [0.3, 0.4) is 0 Å². The number of alkyl halides is 2. The highest BCUT2D eigenvalue weighted by atomic mass is 19.3. The zero-order chi connectivity index (χ0) is 10.8. The lowest BCUT2D eigenvalue weighted by atomic mass is 9.78. The van der Waals surface area contributed by atoms with Crippen LogP contribution in [0, 0.1) is 11.8 Å². The Balaban J connectivity index is 2.47. The smallest absolute Gasteiger partial charge is 0.248 e. The summed E-state index contributed by atoms with van der Waals surface area (Å²) in [7, 11) is 0. The molecule has 0 aromatic rings. The largest absolute Gasteiger partial charge is 0.271 e. The summed E-state index contributed by atoms with van der Waals surface area (Å²) in [6.45, 7) is 4.13. The molecule has 0 aromatic heterocycles. The molecule has 1 saturated carbocycles. The highest BCUT2D eigenvalue weighted by Crippen LogP contribution is 2.38. The fourth-order valence-electron chi connectivity index (χ4n) is 2.29. The van der Waals surface area contributed by atoms with Gasteiger partial charge in [-0.3, -0.25) is 11.3 Å². The monoisotopic (exact) mass is 206 g/mol. The predicted molar refractivity (Wildman–Crippen MR) is 52.9 cm³/mol. The molecule has 0 radical (unpaired) electrons. The molecule has 1 unspecified atom stereocenters. The highest BCUT2D eigenvalue weighted by Gasteiger charge is 2.37. The van der Waals surface area contributed by atoms with Crippen molar-refractivity contribution in [3.63, 3.8) is 0 Å². The van der Waals surface area contributed by atoms with Gasteiger partial charge < -0.3 is 0 Å². The number of nitrogens with one attached hydrogen (secondary N) is 1. The van der Waals surface area contributed by atoms with Gasteiger partial charge in [-0.05, 0) is 24.7 Å². The molecule has 0 aromatic carbocycles. The number of nitrogens with two attached hydrogens (primary N) is 1. The van der Waals surface area contributed by atoms with E-state index in [1.807, 2.05) is 0 Å². The first-order valence-electron chi connectivity index (χ1n) is 5.30. The Hall–Kier alpha value is -0.220. The second kappa shape index (κ2) is 4.53. The number of rotatable bonds is 3. The third kappa shape index (κ3) is 2.89. The number of hydrazine groups is 1. The molecule has 2 nitrogen and oxygen atoms in total. The molecule has 0 aliphatic heterocycles. The molecule has 1 atom stereocenters. The lowest BCUT2D eigenvalue weighted by Gasteiger charge is -2.35. The predicted octanol–water partition coefficient (Wildman–Crippen LogP) is 2.30. The Morgan fingerprint density at radius 3 is 2.14 bits per heavy atom. The fraction of sp³-hybridized carbons (Fsp3) is 1.00. The summed E-state index contributed by atoms with van der Waals surface area (Å²) in [5.41, 5.74) is 2.75. The second-order valence-corrected chi connectivity index (χ2v) is 4.63. The summed E-state index contributed by atoms with van der Waals surface area (Å²) in [5.74, 6) is 3.70. The van der Waals surface area contributed by atoms with E-state index in [2.05, 4.69) is 19.3 Å². The topological polar surface area (TPSA) is 38.0 Å². The second-order valence-electron chi connectivity index (χ2n) is 4.63. The molecular weight excluding hydrogens is 186 g/mol. The number of halogens is 2. The van der Waals surface area contributed by atoms with E-state index in [1.54, 1.807) is 0 Å². The molecule has 1 aliphatic rings. The van der Waals surface area contributed by atoms with Crippen LogP contribution in [0.5, 0.6) is 0 Å². The van der Waals surface area contributed by atoms with E-state index in [4.69, 9.17) is 5.84 Å². The van der Waals surface area contributed by atoms with Crippen molar-refractivity contribution in [1.82, 2.24) is 5.43 Å². The molecule has 3 N–H and O–H groups in total. The van der Waals surface area contributed by atoms with Gasteiger partial charge in [-0.1, -0.05) is 13.8 Å². The van der Waals surface area contributed by atoms with Crippen LogP contribution in [0.1, 0.15) is 39.5 Å². The van der Waals surface area contributed by atoms with E-state index in [9.17, 15) is 8.78 Å². The third-order valence-electron chi connectivity index (χ3n) is 3.18. The van der Waals surface area contributed by atoms with Crippen LogP contribution in [0.15, 0.2) is 0 Å². The molecule has 1 fully saturated rings. The van der Waals surface area contributed by atoms with Gasteiger partial charge in [0.1, 0.15) is 0 Å². The lowest BCUT2D eigenvalue weighted by Crippen LogP contribution is -2.46. The van der Waals surface area contributed by atoms with Gasteiger partial charge in [0.25, 0.3) is 0 Å². The maximum absolute atomic E-state index is 12.9. The van der Waals surface area contributed by atoms with Crippen molar-refractivity contribution in [3.05, 3.63) is 0 Å². The normalized spacial score (nSPS) is 25.3. The van der Waals surface area contributed by atoms with Crippen molar-refractivity contribution >= 4 is 0 Å². The van der Waals surface area contributed by atoms with Crippen molar-refractivity contribution in [2.75, 3.05) is 0 Å². The summed E-state index contributed by atoms with van der Waals surface area (Å²) >= 11 is 0. The van der Waals surface area contributed by atoms with Crippen molar-refractivity contribution in [1.29, 1.82) is 0 Å². The first kappa shape index (κ1) is 11.9. The molecule has 0 saturated heterocycles. The number of hydrogen-bond donors (Lipinski definition) is 2. The molecule has 14 heavy (non-hydrogen) atoms. The minimum atomic E-state index is -2.44. The van der Waals surface area contributed by atoms with Gasteiger partial charge in [-0.25, -0.2) is 8.78 Å². The minimum Gasteiger partial charge on any atom is -0.271 e. The van der Waals surface area contributed by atoms with Crippen LogP contribution in [0.25, 0.3) is 0 Å². The van der Waals surface area contributed by atoms with Gasteiger partial charge in [-0.2, -0.15) is 0 Å². The molecule has 1 rings (SSSR count). The van der Waals surface area contributed by atoms with E-state index in [0.717, 1.165) is 0 Å². The molecule has 0 spiro atoms. The fourth-order valence-corrected chi connectivity index (χ4v) is 2.29. The lowest BCUT2D eigenvalue weighted by molar-refractivity contribution is -0.0514. The van der Waals surface area contributed by atoms with Gasteiger partial charge in [0.05, 0.1) is 0 Å². The third-order valence-corrected chi connectivity index (χ3v) is 3.18. The summed E-state index contributed by atoms with van der Waals surface area (Å²) in [5, 5.41) is 0. The first-order valence-corrected chi connectivity index (χ1v) is 5.30. The SMILES string of the molecule is CC(C)C(NN)C1CCC(F)(F)CC1. The van der Waals surface area contributed by atoms with Crippen LogP contribution in [0.2, 0.25) is 0 Å². The average Bonchev–Trinajstić information content (AvgIpc) is 2.08. The Morgan fingerprint density at radius 2 is 1.79 bits per heavy atom. The quantitative estimate of drug-likeness (QED) is 0.549. The Kier molecular flexibility index (Phi) is 3.84. The first-order chi connectivity index (χ1) is 6.46. The Morgan fingerprint density at radius 1 is 1.29 bits per heavy atom. The Bertz CT molecular complexity index is 173. The zero-order valence-electron chi connectivity index (χ0n) is 8.89. The van der Waals surface area contributed by atoms with Crippen molar-refractivity contribution < 1.29 is 8.78 Å². The van der Waals surface area contributed by atoms with Crippen LogP contribution < -0.4 is 11.3 Å². The van der Waals surface area contributed by atoms with E-state index < -0.39 is 5.92 Å². The van der Waals surface area contributed by atoms with Crippen molar-refractivity contribution in [2.24, 2.45) is 17.7 Å². The minimum absolute atomic E-state index is 0.0164. The van der Waals surface area contributed by atoms with Gasteiger partial charge in [0, 0.05) is 18.9 Å². The average molecular weight is 206 g/mol. The Labute approximate surface area is 84.2 Å². The van der Waals surface area contributed by atoms with Gasteiger partial charge >= 0.3 is 0 Å².